The molecule has 0 bridgehead atoms. The van der Waals surface area contributed by atoms with E-state index in [0.717, 1.165) is 29.3 Å². The number of pyridine rings is 2. The number of nitrogens with zero attached hydrogens (tertiary/aromatic N) is 2. The number of aryl methyl sites for hydroxylation is 1. The Morgan fingerprint density at radius 3 is 2.95 bits per heavy atom. The molecule has 0 spiro atoms. The number of hydrogen-bond acceptors (Lipinski definition) is 4. The van der Waals surface area contributed by atoms with E-state index in [1.807, 2.05) is 31.3 Å². The van der Waals surface area contributed by atoms with Crippen LogP contribution in [0.2, 0.25) is 0 Å². The first-order valence-electron chi connectivity index (χ1n) is 6.58. The average Bonchev–Trinajstić information content (AvgIpc) is 3.24. The Balaban J connectivity index is 1.77. The minimum absolute atomic E-state index is 0.674. The largest absolute Gasteiger partial charge is 0.455 e. The van der Waals surface area contributed by atoms with Gasteiger partial charge in [-0.05, 0) is 38.0 Å². The summed E-state index contributed by atoms with van der Waals surface area (Å²) in [4.78, 5) is 8.41. The van der Waals surface area contributed by atoms with Crippen LogP contribution in [0.3, 0.4) is 0 Å². The van der Waals surface area contributed by atoms with E-state index in [0.29, 0.717) is 6.04 Å². The second-order valence-corrected chi connectivity index (χ2v) is 4.83. The molecule has 0 radical (unpaired) electrons. The molecule has 1 fully saturated rings. The van der Waals surface area contributed by atoms with Crippen LogP contribution in [0.5, 0.6) is 11.5 Å². The van der Waals surface area contributed by atoms with E-state index in [2.05, 4.69) is 15.3 Å². The summed E-state index contributed by atoms with van der Waals surface area (Å²) in [5.74, 6) is 1.64. The van der Waals surface area contributed by atoms with Gasteiger partial charge in [0, 0.05) is 36.7 Å². The van der Waals surface area contributed by atoms with Crippen LogP contribution in [0.4, 0.5) is 0 Å². The molecule has 98 valence electrons. The van der Waals surface area contributed by atoms with Crippen LogP contribution >= 0.6 is 0 Å². The van der Waals surface area contributed by atoms with Crippen molar-refractivity contribution in [2.45, 2.75) is 32.4 Å². The van der Waals surface area contributed by atoms with E-state index >= 15 is 0 Å². The fraction of sp³-hybridized carbons (Fsp3) is 0.333. The van der Waals surface area contributed by atoms with Crippen molar-refractivity contribution in [3.63, 3.8) is 0 Å². The van der Waals surface area contributed by atoms with E-state index in [1.165, 1.54) is 12.8 Å². The molecule has 1 N–H and O–H groups in total. The SMILES string of the molecule is Cc1ncccc1Oc1ccncc1CNC1CC1. The second-order valence-electron chi connectivity index (χ2n) is 4.83. The predicted molar refractivity (Wildman–Crippen MR) is 73.1 cm³/mol. The Hall–Kier alpha value is -1.94. The first-order chi connectivity index (χ1) is 9.33. The van der Waals surface area contributed by atoms with Crippen molar-refractivity contribution in [3.8, 4) is 11.5 Å². The van der Waals surface area contributed by atoms with Gasteiger partial charge in [-0.25, -0.2) is 0 Å². The van der Waals surface area contributed by atoms with Crippen molar-refractivity contribution in [2.75, 3.05) is 0 Å². The molecular weight excluding hydrogens is 238 g/mol. The topological polar surface area (TPSA) is 47.0 Å². The minimum atomic E-state index is 0.674. The highest BCUT2D eigenvalue weighted by Crippen LogP contribution is 2.27. The third-order valence-electron chi connectivity index (χ3n) is 3.20. The van der Waals surface area contributed by atoms with Crippen molar-refractivity contribution in [3.05, 3.63) is 48.0 Å². The maximum atomic E-state index is 5.95. The molecule has 19 heavy (non-hydrogen) atoms. The highest BCUT2D eigenvalue weighted by molar-refractivity contribution is 5.37. The van der Waals surface area contributed by atoms with Crippen molar-refractivity contribution in [2.24, 2.45) is 0 Å². The average molecular weight is 255 g/mol. The van der Waals surface area contributed by atoms with Crippen molar-refractivity contribution < 1.29 is 4.74 Å². The third-order valence-corrected chi connectivity index (χ3v) is 3.20. The monoisotopic (exact) mass is 255 g/mol. The van der Waals surface area contributed by atoms with Crippen LogP contribution in [0.25, 0.3) is 0 Å². The molecule has 0 aromatic carbocycles. The molecular formula is C15H17N3O. The summed E-state index contributed by atoms with van der Waals surface area (Å²) in [6, 6.07) is 6.39. The Morgan fingerprint density at radius 1 is 1.26 bits per heavy atom. The van der Waals surface area contributed by atoms with Gasteiger partial charge in [0.05, 0.1) is 5.69 Å². The number of aromatic nitrogens is 2. The van der Waals surface area contributed by atoms with Crippen LogP contribution < -0.4 is 10.1 Å². The van der Waals surface area contributed by atoms with Crippen molar-refractivity contribution in [1.82, 2.24) is 15.3 Å². The maximum absolute atomic E-state index is 5.95. The lowest BCUT2D eigenvalue weighted by atomic mass is 10.2. The zero-order valence-corrected chi connectivity index (χ0v) is 11.0. The zero-order chi connectivity index (χ0) is 13.1. The fourth-order valence-corrected chi connectivity index (χ4v) is 1.88. The lowest BCUT2D eigenvalue weighted by Crippen LogP contribution is -2.15. The van der Waals surface area contributed by atoms with Gasteiger partial charge in [-0.2, -0.15) is 0 Å². The number of hydrogen-bond donors (Lipinski definition) is 1. The van der Waals surface area contributed by atoms with Gasteiger partial charge >= 0.3 is 0 Å². The lowest BCUT2D eigenvalue weighted by Gasteiger charge is -2.12. The highest BCUT2D eigenvalue weighted by atomic mass is 16.5. The number of rotatable bonds is 5. The molecule has 3 rings (SSSR count). The normalized spacial score (nSPS) is 14.4. The first-order valence-corrected chi connectivity index (χ1v) is 6.58. The summed E-state index contributed by atoms with van der Waals surface area (Å²) in [6.45, 7) is 2.74. The lowest BCUT2D eigenvalue weighted by molar-refractivity contribution is 0.465. The van der Waals surface area contributed by atoms with Crippen LogP contribution in [-0.2, 0) is 6.54 Å². The molecule has 1 saturated carbocycles. The Bertz CT molecular complexity index is 567. The van der Waals surface area contributed by atoms with E-state index in [9.17, 15) is 0 Å². The molecule has 0 atom stereocenters. The van der Waals surface area contributed by atoms with Crippen molar-refractivity contribution >= 4 is 0 Å². The molecule has 0 aliphatic heterocycles. The van der Waals surface area contributed by atoms with Gasteiger partial charge < -0.3 is 10.1 Å². The number of ether oxygens (including phenoxy) is 1. The highest BCUT2D eigenvalue weighted by Gasteiger charge is 2.20. The summed E-state index contributed by atoms with van der Waals surface area (Å²) in [5, 5.41) is 3.48. The first kappa shape index (κ1) is 12.1. The van der Waals surface area contributed by atoms with Gasteiger partial charge in [0.25, 0.3) is 0 Å². The van der Waals surface area contributed by atoms with E-state index in [4.69, 9.17) is 4.74 Å². The van der Waals surface area contributed by atoms with Gasteiger partial charge in [-0.1, -0.05) is 0 Å². The summed E-state index contributed by atoms with van der Waals surface area (Å²) in [6.07, 6.45) is 7.93. The molecule has 4 nitrogen and oxygen atoms in total. The van der Waals surface area contributed by atoms with Crippen LogP contribution in [0, 0.1) is 6.92 Å². The molecule has 0 saturated heterocycles. The summed E-state index contributed by atoms with van der Waals surface area (Å²) in [5.41, 5.74) is 1.97. The van der Waals surface area contributed by atoms with Gasteiger partial charge in [0.1, 0.15) is 11.5 Å². The molecule has 1 aliphatic rings. The smallest absolute Gasteiger partial charge is 0.148 e. The van der Waals surface area contributed by atoms with Gasteiger partial charge in [0.15, 0.2) is 0 Å². The van der Waals surface area contributed by atoms with Crippen LogP contribution in [0.15, 0.2) is 36.8 Å². The Morgan fingerprint density at radius 2 is 2.16 bits per heavy atom. The number of nitrogens with one attached hydrogen (secondary N) is 1. The van der Waals surface area contributed by atoms with Gasteiger partial charge in [-0.3, -0.25) is 9.97 Å². The molecule has 4 heteroatoms. The summed E-state index contributed by atoms with van der Waals surface area (Å²) < 4.78 is 5.95. The standard InChI is InChI=1S/C15H17N3O/c1-11-14(3-2-7-17-11)19-15-6-8-16-9-12(15)10-18-13-4-5-13/h2-3,6-9,13,18H,4-5,10H2,1H3. The van der Waals surface area contributed by atoms with E-state index < -0.39 is 0 Å². The Kier molecular flexibility index (Phi) is 3.42. The van der Waals surface area contributed by atoms with Gasteiger partial charge in [0.2, 0.25) is 0 Å². The predicted octanol–water partition coefficient (Wildman–Crippen LogP) is 2.83. The van der Waals surface area contributed by atoms with E-state index in [1.54, 1.807) is 12.4 Å². The molecule has 0 unspecified atom stereocenters. The fourth-order valence-electron chi connectivity index (χ4n) is 1.88. The molecule has 2 aromatic heterocycles. The quantitative estimate of drug-likeness (QED) is 0.892. The molecule has 2 aromatic rings. The molecule has 1 aliphatic carbocycles. The van der Waals surface area contributed by atoms with Crippen molar-refractivity contribution in [1.29, 1.82) is 0 Å². The second kappa shape index (κ2) is 5.36. The Labute approximate surface area is 112 Å². The summed E-state index contributed by atoms with van der Waals surface area (Å²) >= 11 is 0. The van der Waals surface area contributed by atoms with Gasteiger partial charge in [-0.15, -0.1) is 0 Å². The third kappa shape index (κ3) is 3.09. The van der Waals surface area contributed by atoms with E-state index in [-0.39, 0.29) is 0 Å². The maximum Gasteiger partial charge on any atom is 0.148 e. The van der Waals surface area contributed by atoms with Crippen LogP contribution in [-0.4, -0.2) is 16.0 Å². The molecule has 0 amide bonds. The summed E-state index contributed by atoms with van der Waals surface area (Å²) in [7, 11) is 0. The minimum Gasteiger partial charge on any atom is -0.455 e. The zero-order valence-electron chi connectivity index (χ0n) is 11.0. The molecule has 2 heterocycles. The van der Waals surface area contributed by atoms with Crippen LogP contribution in [0.1, 0.15) is 24.1 Å².